The van der Waals surface area contributed by atoms with E-state index in [4.69, 9.17) is 19.6 Å². The molecular formula is C15H19NO3. The minimum Gasteiger partial charge on any atom is -0.494 e. The fourth-order valence-corrected chi connectivity index (χ4v) is 1.64. The molecule has 0 fully saturated rings. The van der Waals surface area contributed by atoms with Crippen LogP contribution in [0, 0.1) is 0 Å². The Balaban J connectivity index is 1.56. The molecule has 0 spiro atoms. The molecule has 1 aromatic carbocycles. The average molecular weight is 261 g/mol. The Labute approximate surface area is 113 Å². The molecule has 2 N–H and O–H groups in total. The molecule has 0 amide bonds. The van der Waals surface area contributed by atoms with Crippen LogP contribution >= 0.6 is 0 Å². The van der Waals surface area contributed by atoms with Gasteiger partial charge in [-0.05, 0) is 29.8 Å². The molecule has 0 saturated heterocycles. The van der Waals surface area contributed by atoms with Gasteiger partial charge in [0.1, 0.15) is 18.1 Å². The predicted molar refractivity (Wildman–Crippen MR) is 72.8 cm³/mol. The van der Waals surface area contributed by atoms with Crippen molar-refractivity contribution in [3.8, 4) is 5.75 Å². The third-order valence-electron chi connectivity index (χ3n) is 2.69. The van der Waals surface area contributed by atoms with Gasteiger partial charge in [0.2, 0.25) is 0 Å². The molecule has 102 valence electrons. The van der Waals surface area contributed by atoms with Gasteiger partial charge in [0.05, 0.1) is 19.5 Å². The van der Waals surface area contributed by atoms with Crippen molar-refractivity contribution in [1.29, 1.82) is 0 Å². The van der Waals surface area contributed by atoms with Crippen LogP contribution in [0.5, 0.6) is 5.75 Å². The van der Waals surface area contributed by atoms with Gasteiger partial charge in [-0.15, -0.1) is 0 Å². The van der Waals surface area contributed by atoms with Crippen LogP contribution in [0.1, 0.15) is 17.7 Å². The lowest BCUT2D eigenvalue weighted by molar-refractivity contribution is 0.0944. The first-order valence-electron chi connectivity index (χ1n) is 6.40. The van der Waals surface area contributed by atoms with E-state index < -0.39 is 0 Å². The Morgan fingerprint density at radius 1 is 1.05 bits per heavy atom. The summed E-state index contributed by atoms with van der Waals surface area (Å²) in [5, 5.41) is 0. The molecule has 0 aliphatic rings. The lowest BCUT2D eigenvalue weighted by atomic mass is 10.2. The van der Waals surface area contributed by atoms with Gasteiger partial charge in [0, 0.05) is 13.0 Å². The molecule has 2 rings (SSSR count). The quantitative estimate of drug-likeness (QED) is 0.742. The second-order valence-corrected chi connectivity index (χ2v) is 4.18. The van der Waals surface area contributed by atoms with Crippen LogP contribution in [0.3, 0.4) is 0 Å². The predicted octanol–water partition coefficient (Wildman–Crippen LogP) is 2.72. The van der Waals surface area contributed by atoms with E-state index in [9.17, 15) is 0 Å². The van der Waals surface area contributed by atoms with Crippen LogP contribution in [0.4, 0.5) is 0 Å². The number of benzene rings is 1. The molecule has 0 aliphatic heterocycles. The molecule has 0 unspecified atom stereocenters. The minimum atomic E-state index is 0.512. The molecule has 2 aromatic rings. The topological polar surface area (TPSA) is 57.6 Å². The van der Waals surface area contributed by atoms with Crippen LogP contribution in [0.15, 0.2) is 47.1 Å². The fraction of sp³-hybridized carbons (Fsp3) is 0.333. The molecule has 19 heavy (non-hydrogen) atoms. The molecule has 0 saturated carbocycles. The van der Waals surface area contributed by atoms with Gasteiger partial charge in [0.25, 0.3) is 0 Å². The minimum absolute atomic E-state index is 0.512. The zero-order chi connectivity index (χ0) is 13.3. The van der Waals surface area contributed by atoms with Gasteiger partial charge >= 0.3 is 0 Å². The third-order valence-corrected chi connectivity index (χ3v) is 2.69. The molecule has 1 heterocycles. The van der Waals surface area contributed by atoms with Crippen molar-refractivity contribution in [2.45, 2.75) is 19.6 Å². The number of hydrogen-bond donors (Lipinski definition) is 1. The smallest absolute Gasteiger partial charge is 0.129 e. The first kappa shape index (κ1) is 13.6. The summed E-state index contributed by atoms with van der Waals surface area (Å²) in [7, 11) is 0. The first-order valence-corrected chi connectivity index (χ1v) is 6.40. The van der Waals surface area contributed by atoms with Crippen LogP contribution in [-0.2, 0) is 17.9 Å². The molecular weight excluding hydrogens is 242 g/mol. The van der Waals surface area contributed by atoms with E-state index in [-0.39, 0.29) is 0 Å². The van der Waals surface area contributed by atoms with E-state index >= 15 is 0 Å². The van der Waals surface area contributed by atoms with Gasteiger partial charge in [-0.25, -0.2) is 0 Å². The Kier molecular flexibility index (Phi) is 5.47. The number of ether oxygens (including phenoxy) is 2. The van der Waals surface area contributed by atoms with Gasteiger partial charge in [0.15, 0.2) is 0 Å². The van der Waals surface area contributed by atoms with Crippen molar-refractivity contribution in [1.82, 2.24) is 0 Å². The number of furan rings is 1. The molecule has 0 atom stereocenters. The summed E-state index contributed by atoms with van der Waals surface area (Å²) < 4.78 is 16.2. The highest BCUT2D eigenvalue weighted by Crippen LogP contribution is 2.12. The van der Waals surface area contributed by atoms with Crippen molar-refractivity contribution in [2.75, 3.05) is 13.2 Å². The third kappa shape index (κ3) is 4.77. The zero-order valence-electron chi connectivity index (χ0n) is 10.9. The molecule has 0 bridgehead atoms. The summed E-state index contributed by atoms with van der Waals surface area (Å²) in [4.78, 5) is 0. The average Bonchev–Trinajstić information content (AvgIpc) is 2.96. The van der Waals surface area contributed by atoms with E-state index in [1.807, 2.05) is 36.4 Å². The van der Waals surface area contributed by atoms with Gasteiger partial charge < -0.3 is 19.6 Å². The maximum absolute atomic E-state index is 5.60. The zero-order valence-corrected chi connectivity index (χ0v) is 10.9. The summed E-state index contributed by atoms with van der Waals surface area (Å²) in [6, 6.07) is 11.6. The molecule has 0 radical (unpaired) electrons. The molecule has 0 aliphatic carbocycles. The van der Waals surface area contributed by atoms with Gasteiger partial charge in [-0.3, -0.25) is 0 Å². The van der Waals surface area contributed by atoms with Gasteiger partial charge in [-0.1, -0.05) is 12.1 Å². The lowest BCUT2D eigenvalue weighted by Gasteiger charge is -2.07. The highest BCUT2D eigenvalue weighted by atomic mass is 16.5. The van der Waals surface area contributed by atoms with Crippen LogP contribution < -0.4 is 10.5 Å². The monoisotopic (exact) mass is 261 g/mol. The maximum atomic E-state index is 5.60. The van der Waals surface area contributed by atoms with Gasteiger partial charge in [-0.2, -0.15) is 0 Å². The van der Waals surface area contributed by atoms with E-state index in [0.29, 0.717) is 26.4 Å². The standard InChI is InChI=1S/C15H19NO3/c16-11-13-4-6-14(7-5-13)18-10-2-8-17-12-15-3-1-9-19-15/h1,3-7,9H,2,8,10-12,16H2. The SMILES string of the molecule is NCc1ccc(OCCCOCc2ccco2)cc1. The molecule has 4 heteroatoms. The normalized spacial score (nSPS) is 10.6. The lowest BCUT2D eigenvalue weighted by Crippen LogP contribution is -2.03. The van der Waals surface area contributed by atoms with E-state index in [1.54, 1.807) is 6.26 Å². The highest BCUT2D eigenvalue weighted by Gasteiger charge is 1.97. The van der Waals surface area contributed by atoms with E-state index in [1.165, 1.54) is 0 Å². The van der Waals surface area contributed by atoms with Crippen molar-refractivity contribution in [3.05, 3.63) is 54.0 Å². The van der Waals surface area contributed by atoms with Crippen LogP contribution in [-0.4, -0.2) is 13.2 Å². The first-order chi connectivity index (χ1) is 9.38. The van der Waals surface area contributed by atoms with Crippen LogP contribution in [0.25, 0.3) is 0 Å². The van der Waals surface area contributed by atoms with Crippen molar-refractivity contribution in [3.63, 3.8) is 0 Å². The molecule has 4 nitrogen and oxygen atoms in total. The fourth-order valence-electron chi connectivity index (χ4n) is 1.64. The second-order valence-electron chi connectivity index (χ2n) is 4.18. The van der Waals surface area contributed by atoms with Crippen molar-refractivity contribution in [2.24, 2.45) is 5.73 Å². The van der Waals surface area contributed by atoms with E-state index in [2.05, 4.69) is 0 Å². The van der Waals surface area contributed by atoms with Crippen LogP contribution in [0.2, 0.25) is 0 Å². The summed E-state index contributed by atoms with van der Waals surface area (Å²) >= 11 is 0. The number of hydrogen-bond acceptors (Lipinski definition) is 4. The highest BCUT2D eigenvalue weighted by molar-refractivity contribution is 5.26. The largest absolute Gasteiger partial charge is 0.494 e. The second kappa shape index (κ2) is 7.61. The summed E-state index contributed by atoms with van der Waals surface area (Å²) in [6.45, 7) is 2.36. The van der Waals surface area contributed by atoms with E-state index in [0.717, 1.165) is 23.5 Å². The Morgan fingerprint density at radius 2 is 1.89 bits per heavy atom. The summed E-state index contributed by atoms with van der Waals surface area (Å²) in [5.74, 6) is 1.71. The maximum Gasteiger partial charge on any atom is 0.129 e. The Morgan fingerprint density at radius 3 is 2.58 bits per heavy atom. The Bertz CT molecular complexity index is 451. The number of rotatable bonds is 8. The van der Waals surface area contributed by atoms with Crippen molar-refractivity contribution < 1.29 is 13.9 Å². The number of nitrogens with two attached hydrogens (primary N) is 1. The molecule has 1 aromatic heterocycles. The summed E-state index contributed by atoms with van der Waals surface area (Å²) in [6.07, 6.45) is 2.49. The summed E-state index contributed by atoms with van der Waals surface area (Å²) in [5.41, 5.74) is 6.64. The van der Waals surface area contributed by atoms with Crippen molar-refractivity contribution >= 4 is 0 Å². The Hall–Kier alpha value is -1.78.